The van der Waals surface area contributed by atoms with Crippen molar-refractivity contribution in [2.45, 2.75) is 26.5 Å². The van der Waals surface area contributed by atoms with Crippen molar-refractivity contribution in [3.05, 3.63) is 64.2 Å². The van der Waals surface area contributed by atoms with Crippen LogP contribution in [-0.2, 0) is 19.6 Å². The summed E-state index contributed by atoms with van der Waals surface area (Å²) in [4.78, 5) is 14.2. The summed E-state index contributed by atoms with van der Waals surface area (Å²) >= 11 is 0. The van der Waals surface area contributed by atoms with Gasteiger partial charge in [-0.1, -0.05) is 6.07 Å². The van der Waals surface area contributed by atoms with Crippen molar-refractivity contribution in [1.82, 2.24) is 4.90 Å². The molecule has 0 bridgehead atoms. The van der Waals surface area contributed by atoms with Crippen LogP contribution >= 0.6 is 0 Å². The minimum absolute atomic E-state index is 0.0541. The molecule has 0 saturated heterocycles. The first kappa shape index (κ1) is 17.4. The molecule has 25 heavy (non-hydrogen) atoms. The van der Waals surface area contributed by atoms with E-state index in [4.69, 9.17) is 9.84 Å². The normalized spacial score (nSPS) is 13.5. The van der Waals surface area contributed by atoms with Crippen LogP contribution in [0.5, 0.6) is 5.75 Å². The first-order chi connectivity index (χ1) is 12.0. The number of nitrogens with zero attached hydrogens (tertiary/aromatic N) is 1. The van der Waals surface area contributed by atoms with Gasteiger partial charge in [-0.05, 0) is 48.7 Å². The minimum Gasteiger partial charge on any atom is -0.494 e. The number of carbonyl (C=O) groups is 1. The van der Waals surface area contributed by atoms with Crippen molar-refractivity contribution < 1.29 is 23.4 Å². The highest BCUT2D eigenvalue weighted by Crippen LogP contribution is 2.25. The second-order valence-corrected chi connectivity index (χ2v) is 5.92. The zero-order valence-corrected chi connectivity index (χ0v) is 13.9. The summed E-state index contributed by atoms with van der Waals surface area (Å²) in [5.41, 5.74) is 1.63. The van der Waals surface area contributed by atoms with Gasteiger partial charge < -0.3 is 14.7 Å². The summed E-state index contributed by atoms with van der Waals surface area (Å²) in [7, 11) is 0. The average molecular weight is 347 g/mol. The van der Waals surface area contributed by atoms with E-state index in [1.165, 1.54) is 0 Å². The Morgan fingerprint density at radius 1 is 1.20 bits per heavy atom. The van der Waals surface area contributed by atoms with E-state index in [1.807, 2.05) is 25.1 Å². The van der Waals surface area contributed by atoms with Gasteiger partial charge >= 0.3 is 0 Å². The first-order valence-electron chi connectivity index (χ1n) is 8.16. The first-order valence-corrected chi connectivity index (χ1v) is 8.16. The van der Waals surface area contributed by atoms with Crippen LogP contribution in [0, 0.1) is 11.6 Å². The average Bonchev–Trinajstić information content (AvgIpc) is 2.60. The van der Waals surface area contributed by atoms with Gasteiger partial charge in [0.15, 0.2) is 0 Å². The summed E-state index contributed by atoms with van der Waals surface area (Å²) < 4.78 is 33.1. The van der Waals surface area contributed by atoms with Crippen LogP contribution in [-0.4, -0.2) is 29.1 Å². The Kier molecular flexibility index (Phi) is 4.99. The third-order valence-electron chi connectivity index (χ3n) is 4.33. The van der Waals surface area contributed by atoms with E-state index in [2.05, 4.69) is 0 Å². The van der Waals surface area contributed by atoms with Crippen LogP contribution in [0.25, 0.3) is 0 Å². The number of hydrogen-bond donors (Lipinski definition) is 1. The predicted octanol–water partition coefficient (Wildman–Crippen LogP) is 3.05. The summed E-state index contributed by atoms with van der Waals surface area (Å²) in [6.07, 6.45) is 0.654. The molecular weight excluding hydrogens is 328 g/mol. The number of benzene rings is 2. The molecule has 6 heteroatoms. The SMILES string of the molecule is CCOc1ccc2c(c1)CCN(C(=O)c1cc(F)c(CO)c(F)c1)C2. The van der Waals surface area contributed by atoms with Crippen molar-refractivity contribution in [3.63, 3.8) is 0 Å². The molecule has 0 aromatic heterocycles. The molecule has 1 N–H and O–H groups in total. The number of aliphatic hydroxyl groups is 1. The number of hydrogen-bond acceptors (Lipinski definition) is 3. The molecule has 2 aromatic carbocycles. The monoisotopic (exact) mass is 347 g/mol. The highest BCUT2D eigenvalue weighted by Gasteiger charge is 2.24. The lowest BCUT2D eigenvalue weighted by Gasteiger charge is -2.29. The maximum atomic E-state index is 13.8. The third-order valence-corrected chi connectivity index (χ3v) is 4.33. The molecule has 3 rings (SSSR count). The number of rotatable bonds is 4. The van der Waals surface area contributed by atoms with Crippen molar-refractivity contribution in [2.24, 2.45) is 0 Å². The van der Waals surface area contributed by atoms with Gasteiger partial charge in [0.1, 0.15) is 17.4 Å². The van der Waals surface area contributed by atoms with Crippen molar-refractivity contribution in [1.29, 1.82) is 0 Å². The number of amides is 1. The molecule has 0 aliphatic carbocycles. The second kappa shape index (κ2) is 7.19. The third kappa shape index (κ3) is 3.49. The zero-order chi connectivity index (χ0) is 18.0. The fourth-order valence-corrected chi connectivity index (χ4v) is 3.02. The largest absolute Gasteiger partial charge is 0.494 e. The maximum absolute atomic E-state index is 13.8. The lowest BCUT2D eigenvalue weighted by atomic mass is 9.98. The Hall–Kier alpha value is -2.47. The highest BCUT2D eigenvalue weighted by molar-refractivity contribution is 5.94. The van der Waals surface area contributed by atoms with E-state index in [0.717, 1.165) is 29.0 Å². The van der Waals surface area contributed by atoms with E-state index >= 15 is 0 Å². The van der Waals surface area contributed by atoms with Crippen LogP contribution in [0.1, 0.15) is 34.0 Å². The number of carbonyl (C=O) groups excluding carboxylic acids is 1. The second-order valence-electron chi connectivity index (χ2n) is 5.92. The molecule has 0 atom stereocenters. The summed E-state index contributed by atoms with van der Waals surface area (Å²) in [6.45, 7) is 2.61. The number of ether oxygens (including phenoxy) is 1. The smallest absolute Gasteiger partial charge is 0.254 e. The Balaban J connectivity index is 1.81. The van der Waals surface area contributed by atoms with Gasteiger partial charge in [-0.25, -0.2) is 8.78 Å². The van der Waals surface area contributed by atoms with E-state index < -0.39 is 29.7 Å². The summed E-state index contributed by atoms with van der Waals surface area (Å²) in [5.74, 6) is -1.46. The lowest BCUT2D eigenvalue weighted by molar-refractivity contribution is 0.0733. The predicted molar refractivity (Wildman–Crippen MR) is 88.3 cm³/mol. The van der Waals surface area contributed by atoms with Gasteiger partial charge in [-0.2, -0.15) is 0 Å². The number of aliphatic hydroxyl groups excluding tert-OH is 1. The molecule has 0 fully saturated rings. The van der Waals surface area contributed by atoms with E-state index in [0.29, 0.717) is 26.1 Å². The Morgan fingerprint density at radius 3 is 2.56 bits per heavy atom. The Labute approximate surface area is 144 Å². The maximum Gasteiger partial charge on any atom is 0.254 e. The lowest BCUT2D eigenvalue weighted by Crippen LogP contribution is -2.36. The molecule has 1 aliphatic rings. The Bertz CT molecular complexity index is 784. The Morgan fingerprint density at radius 2 is 1.92 bits per heavy atom. The van der Waals surface area contributed by atoms with Crippen LogP contribution in [0.4, 0.5) is 8.78 Å². The van der Waals surface area contributed by atoms with Gasteiger partial charge in [0.05, 0.1) is 13.2 Å². The fraction of sp³-hybridized carbons (Fsp3) is 0.316. The van der Waals surface area contributed by atoms with Gasteiger partial charge in [0.25, 0.3) is 5.91 Å². The van der Waals surface area contributed by atoms with E-state index in [9.17, 15) is 13.6 Å². The topological polar surface area (TPSA) is 49.8 Å². The molecule has 0 spiro atoms. The van der Waals surface area contributed by atoms with Crippen molar-refractivity contribution in [2.75, 3.05) is 13.2 Å². The summed E-state index contributed by atoms with van der Waals surface area (Å²) in [5, 5.41) is 8.96. The van der Waals surface area contributed by atoms with E-state index in [-0.39, 0.29) is 5.56 Å². The number of halogens is 2. The highest BCUT2D eigenvalue weighted by atomic mass is 19.1. The van der Waals surface area contributed by atoms with Crippen LogP contribution in [0.2, 0.25) is 0 Å². The van der Waals surface area contributed by atoms with Gasteiger partial charge in [-0.15, -0.1) is 0 Å². The fourth-order valence-electron chi connectivity index (χ4n) is 3.02. The molecule has 4 nitrogen and oxygen atoms in total. The molecule has 1 amide bonds. The van der Waals surface area contributed by atoms with Gasteiger partial charge in [0, 0.05) is 24.2 Å². The van der Waals surface area contributed by atoms with Crippen LogP contribution in [0.15, 0.2) is 30.3 Å². The minimum atomic E-state index is -0.912. The van der Waals surface area contributed by atoms with Gasteiger partial charge in [-0.3, -0.25) is 4.79 Å². The molecule has 1 aliphatic heterocycles. The standard InChI is InChI=1S/C19H19F2NO3/c1-2-25-15-4-3-13-10-22(6-5-12(13)7-15)19(24)14-8-17(20)16(11-23)18(21)9-14/h3-4,7-9,23H,2,5-6,10-11H2,1H3. The van der Waals surface area contributed by atoms with Gasteiger partial charge in [0.2, 0.25) is 0 Å². The molecule has 0 unspecified atom stereocenters. The van der Waals surface area contributed by atoms with E-state index in [1.54, 1.807) is 4.90 Å². The van der Waals surface area contributed by atoms with Crippen molar-refractivity contribution in [3.8, 4) is 5.75 Å². The molecule has 132 valence electrons. The zero-order valence-electron chi connectivity index (χ0n) is 13.9. The van der Waals surface area contributed by atoms with Crippen LogP contribution in [0.3, 0.4) is 0 Å². The molecule has 1 heterocycles. The molecule has 0 saturated carbocycles. The van der Waals surface area contributed by atoms with Crippen molar-refractivity contribution >= 4 is 5.91 Å². The quantitative estimate of drug-likeness (QED) is 0.925. The van der Waals surface area contributed by atoms with Crippen LogP contribution < -0.4 is 4.74 Å². The molecule has 2 aromatic rings. The molecule has 0 radical (unpaired) electrons. The summed E-state index contributed by atoms with van der Waals surface area (Å²) in [6, 6.07) is 7.69. The number of fused-ring (bicyclic) bond motifs is 1. The molecular formula is C19H19F2NO3.